The number of rotatable bonds is 3. The summed E-state index contributed by atoms with van der Waals surface area (Å²) in [5.41, 5.74) is 0.870. The number of aromatic carboxylic acids is 1. The van der Waals surface area contributed by atoms with Crippen molar-refractivity contribution in [3.63, 3.8) is 0 Å². The number of aromatic nitrogens is 2. The number of pyridine rings is 1. The van der Waals surface area contributed by atoms with Crippen LogP contribution in [-0.2, 0) is 0 Å². The van der Waals surface area contributed by atoms with Crippen molar-refractivity contribution in [3.8, 4) is 0 Å². The number of aryl methyl sites for hydroxylation is 1. The summed E-state index contributed by atoms with van der Waals surface area (Å²) in [6.45, 7) is 1.96. The maximum absolute atomic E-state index is 11.4. The average Bonchev–Trinajstić information content (AvgIpc) is 2.83. The largest absolute Gasteiger partial charge is 0.478 e. The highest BCUT2D eigenvalue weighted by Crippen LogP contribution is 2.25. The van der Waals surface area contributed by atoms with Gasteiger partial charge in [-0.3, -0.25) is 0 Å². The number of thiazole rings is 1. The number of hydrogen-bond acceptors (Lipinski definition) is 5. The first-order chi connectivity index (χ1) is 9.63. The van der Waals surface area contributed by atoms with E-state index < -0.39 is 5.97 Å². The van der Waals surface area contributed by atoms with E-state index in [1.807, 2.05) is 13.0 Å². The fourth-order valence-electron chi connectivity index (χ4n) is 1.94. The molecule has 5 nitrogen and oxygen atoms in total. The first-order valence-corrected chi connectivity index (χ1v) is 6.77. The van der Waals surface area contributed by atoms with Gasteiger partial charge in [-0.1, -0.05) is 18.2 Å². The Morgan fingerprint density at radius 1 is 1.35 bits per heavy atom. The fourth-order valence-corrected chi connectivity index (χ4v) is 2.61. The molecule has 6 heteroatoms. The molecule has 0 fully saturated rings. The van der Waals surface area contributed by atoms with Gasteiger partial charge in [0.25, 0.3) is 0 Å². The smallest absolute Gasteiger partial charge is 0.336 e. The number of carboxylic acids is 1. The SMILES string of the molecule is Cc1cnc(Nc2cc(C(=O)O)c3ccccc3n2)s1. The van der Waals surface area contributed by atoms with Gasteiger partial charge in [0.2, 0.25) is 0 Å². The van der Waals surface area contributed by atoms with E-state index in [1.54, 1.807) is 24.4 Å². The average molecular weight is 285 g/mol. The van der Waals surface area contributed by atoms with Gasteiger partial charge in [-0.05, 0) is 19.1 Å². The standard InChI is InChI=1S/C14H11N3O2S/c1-8-7-15-14(20-8)17-12-6-10(13(18)19)9-4-2-3-5-11(9)16-12/h2-7H,1H3,(H,18,19)(H,15,16,17). The Balaban J connectivity index is 2.10. The molecule has 3 aromatic rings. The number of carbonyl (C=O) groups is 1. The van der Waals surface area contributed by atoms with Gasteiger partial charge < -0.3 is 10.4 Å². The number of hydrogen-bond donors (Lipinski definition) is 2. The molecule has 100 valence electrons. The maximum atomic E-state index is 11.4. The molecular formula is C14H11N3O2S. The molecule has 20 heavy (non-hydrogen) atoms. The molecule has 1 aromatic carbocycles. The van der Waals surface area contributed by atoms with E-state index in [2.05, 4.69) is 15.3 Å². The molecule has 2 heterocycles. The van der Waals surface area contributed by atoms with Gasteiger partial charge in [-0.15, -0.1) is 11.3 Å². The highest BCUT2D eigenvalue weighted by Gasteiger charge is 2.12. The van der Waals surface area contributed by atoms with Crippen LogP contribution in [0.3, 0.4) is 0 Å². The Labute approximate surface area is 118 Å². The van der Waals surface area contributed by atoms with Crippen LogP contribution in [-0.4, -0.2) is 21.0 Å². The topological polar surface area (TPSA) is 75.1 Å². The molecule has 0 aliphatic heterocycles. The summed E-state index contributed by atoms with van der Waals surface area (Å²) in [5.74, 6) is -0.489. The van der Waals surface area contributed by atoms with E-state index in [1.165, 1.54) is 17.4 Å². The molecule has 0 saturated carbocycles. The van der Waals surface area contributed by atoms with E-state index in [0.29, 0.717) is 21.9 Å². The molecule has 2 aromatic heterocycles. The van der Waals surface area contributed by atoms with Crippen molar-refractivity contribution in [1.29, 1.82) is 0 Å². The Bertz CT molecular complexity index is 798. The Morgan fingerprint density at radius 3 is 2.85 bits per heavy atom. The van der Waals surface area contributed by atoms with E-state index >= 15 is 0 Å². The summed E-state index contributed by atoms with van der Waals surface area (Å²) in [6, 6.07) is 8.70. The number of carboxylic acid groups (broad SMARTS) is 1. The van der Waals surface area contributed by atoms with Crippen LogP contribution in [0.5, 0.6) is 0 Å². The molecule has 0 amide bonds. The van der Waals surface area contributed by atoms with Gasteiger partial charge in [0, 0.05) is 16.5 Å². The summed E-state index contributed by atoms with van der Waals surface area (Å²) in [4.78, 5) is 21.0. The Hall–Kier alpha value is -2.47. The first-order valence-electron chi connectivity index (χ1n) is 5.96. The monoisotopic (exact) mass is 285 g/mol. The number of nitrogens with zero attached hydrogens (tertiary/aromatic N) is 2. The molecule has 3 rings (SSSR count). The highest BCUT2D eigenvalue weighted by atomic mass is 32.1. The number of benzene rings is 1. The molecule has 0 bridgehead atoms. The van der Waals surface area contributed by atoms with Gasteiger partial charge >= 0.3 is 5.97 Å². The summed E-state index contributed by atoms with van der Waals surface area (Å²) in [5, 5.41) is 13.7. The van der Waals surface area contributed by atoms with Crippen molar-refractivity contribution in [1.82, 2.24) is 9.97 Å². The van der Waals surface area contributed by atoms with Crippen molar-refractivity contribution in [2.45, 2.75) is 6.92 Å². The van der Waals surface area contributed by atoms with Crippen LogP contribution in [0.4, 0.5) is 10.9 Å². The predicted octanol–water partition coefficient (Wildman–Crippen LogP) is 3.44. The van der Waals surface area contributed by atoms with Crippen molar-refractivity contribution in [2.24, 2.45) is 0 Å². The molecule has 0 saturated heterocycles. The minimum absolute atomic E-state index is 0.228. The molecule has 2 N–H and O–H groups in total. The summed E-state index contributed by atoms with van der Waals surface area (Å²) >= 11 is 1.49. The molecule has 0 spiro atoms. The lowest BCUT2D eigenvalue weighted by Crippen LogP contribution is -2.02. The zero-order valence-electron chi connectivity index (χ0n) is 10.6. The van der Waals surface area contributed by atoms with Gasteiger partial charge in [-0.25, -0.2) is 14.8 Å². The second-order valence-corrected chi connectivity index (χ2v) is 5.51. The first kappa shape index (κ1) is 12.6. The summed E-state index contributed by atoms with van der Waals surface area (Å²) < 4.78 is 0. The fraction of sp³-hybridized carbons (Fsp3) is 0.0714. The molecule has 0 aliphatic rings. The minimum atomic E-state index is -0.970. The number of fused-ring (bicyclic) bond motifs is 1. The summed E-state index contributed by atoms with van der Waals surface area (Å²) in [6.07, 6.45) is 1.76. The van der Waals surface area contributed by atoms with Crippen molar-refractivity contribution in [3.05, 3.63) is 47.0 Å². The van der Waals surface area contributed by atoms with E-state index in [-0.39, 0.29) is 5.56 Å². The third-order valence-corrected chi connectivity index (χ3v) is 3.63. The number of anilines is 2. The second-order valence-electron chi connectivity index (χ2n) is 4.28. The van der Waals surface area contributed by atoms with Crippen LogP contribution in [0.15, 0.2) is 36.5 Å². The van der Waals surface area contributed by atoms with E-state index in [9.17, 15) is 9.90 Å². The van der Waals surface area contributed by atoms with Crippen LogP contribution >= 0.6 is 11.3 Å². The zero-order valence-corrected chi connectivity index (χ0v) is 11.4. The quantitative estimate of drug-likeness (QED) is 0.771. The molecule has 0 radical (unpaired) electrons. The van der Waals surface area contributed by atoms with E-state index in [4.69, 9.17) is 0 Å². The second kappa shape index (κ2) is 4.90. The lowest BCUT2D eigenvalue weighted by Gasteiger charge is -2.07. The van der Waals surface area contributed by atoms with Crippen molar-refractivity contribution >= 4 is 39.2 Å². The zero-order chi connectivity index (χ0) is 14.1. The highest BCUT2D eigenvalue weighted by molar-refractivity contribution is 7.15. The van der Waals surface area contributed by atoms with Crippen LogP contribution in [0, 0.1) is 6.92 Å². The normalized spacial score (nSPS) is 10.7. The van der Waals surface area contributed by atoms with Crippen LogP contribution in [0.25, 0.3) is 10.9 Å². The van der Waals surface area contributed by atoms with Gasteiger partial charge in [-0.2, -0.15) is 0 Å². The predicted molar refractivity (Wildman–Crippen MR) is 78.8 cm³/mol. The van der Waals surface area contributed by atoms with E-state index in [0.717, 1.165) is 4.88 Å². The molecule has 0 unspecified atom stereocenters. The molecular weight excluding hydrogens is 274 g/mol. The van der Waals surface area contributed by atoms with Crippen molar-refractivity contribution in [2.75, 3.05) is 5.32 Å². The van der Waals surface area contributed by atoms with Crippen LogP contribution < -0.4 is 5.32 Å². The van der Waals surface area contributed by atoms with Gasteiger partial charge in [0.15, 0.2) is 5.13 Å². The Kier molecular flexibility index (Phi) is 3.08. The summed E-state index contributed by atoms with van der Waals surface area (Å²) in [7, 11) is 0. The maximum Gasteiger partial charge on any atom is 0.336 e. The number of nitrogens with one attached hydrogen (secondary N) is 1. The number of para-hydroxylation sites is 1. The van der Waals surface area contributed by atoms with Crippen LogP contribution in [0.2, 0.25) is 0 Å². The lowest BCUT2D eigenvalue weighted by atomic mass is 10.1. The minimum Gasteiger partial charge on any atom is -0.478 e. The molecule has 0 atom stereocenters. The van der Waals surface area contributed by atoms with Crippen LogP contribution in [0.1, 0.15) is 15.2 Å². The third kappa shape index (κ3) is 2.33. The molecule has 0 aliphatic carbocycles. The van der Waals surface area contributed by atoms with Crippen molar-refractivity contribution < 1.29 is 9.90 Å². The Morgan fingerprint density at radius 2 is 2.15 bits per heavy atom. The van der Waals surface area contributed by atoms with Gasteiger partial charge in [0.05, 0.1) is 11.1 Å². The third-order valence-electron chi connectivity index (χ3n) is 2.80. The lowest BCUT2D eigenvalue weighted by molar-refractivity contribution is 0.0699. The van der Waals surface area contributed by atoms with Gasteiger partial charge in [0.1, 0.15) is 5.82 Å².